The second-order valence-electron chi connectivity index (χ2n) is 6.90. The van der Waals surface area contributed by atoms with Gasteiger partial charge in [-0.3, -0.25) is 0 Å². The number of hydrogen-bond donors (Lipinski definition) is 1. The molecule has 0 aliphatic heterocycles. The molecule has 1 saturated carbocycles. The molecule has 0 unspecified atom stereocenters. The molecular weight excluding hydrogens is 220 g/mol. The highest BCUT2D eigenvalue weighted by atomic mass is 15.1. The minimum absolute atomic E-state index is 0.776. The highest BCUT2D eigenvalue weighted by Crippen LogP contribution is 2.23. The molecule has 0 heterocycles. The lowest BCUT2D eigenvalue weighted by molar-refractivity contribution is 0.218. The summed E-state index contributed by atoms with van der Waals surface area (Å²) in [4.78, 5) is 2.62. The zero-order valence-electron chi connectivity index (χ0n) is 13.0. The van der Waals surface area contributed by atoms with Crippen LogP contribution in [-0.4, -0.2) is 37.6 Å². The molecule has 1 fully saturated rings. The van der Waals surface area contributed by atoms with Gasteiger partial charge in [-0.1, -0.05) is 40.5 Å². The van der Waals surface area contributed by atoms with Crippen LogP contribution in [0, 0.1) is 17.8 Å². The largest absolute Gasteiger partial charge is 0.315 e. The number of nitrogens with one attached hydrogen (secondary N) is 1. The van der Waals surface area contributed by atoms with Crippen LogP contribution in [0.3, 0.4) is 0 Å². The SMILES string of the molecule is CC(C)CN(CCNCC1CCCC1)CC(C)C. The van der Waals surface area contributed by atoms with Crippen molar-refractivity contribution in [3.63, 3.8) is 0 Å². The summed E-state index contributed by atoms with van der Waals surface area (Å²) < 4.78 is 0. The molecule has 2 heteroatoms. The minimum Gasteiger partial charge on any atom is -0.315 e. The Kier molecular flexibility index (Phi) is 7.92. The Morgan fingerprint density at radius 2 is 1.56 bits per heavy atom. The van der Waals surface area contributed by atoms with E-state index in [1.54, 1.807) is 0 Å². The molecule has 0 aromatic heterocycles. The van der Waals surface area contributed by atoms with Crippen LogP contribution in [0.25, 0.3) is 0 Å². The standard InChI is InChI=1S/C16H34N2/c1-14(2)12-18(13-15(3)4)10-9-17-11-16-7-5-6-8-16/h14-17H,5-13H2,1-4H3. The molecule has 0 bridgehead atoms. The Morgan fingerprint density at radius 3 is 2.06 bits per heavy atom. The van der Waals surface area contributed by atoms with Crippen LogP contribution in [0.4, 0.5) is 0 Å². The van der Waals surface area contributed by atoms with E-state index in [0.717, 1.165) is 24.3 Å². The third kappa shape index (κ3) is 7.38. The molecule has 0 radical (unpaired) electrons. The Labute approximate surface area is 115 Å². The van der Waals surface area contributed by atoms with Gasteiger partial charge in [0.2, 0.25) is 0 Å². The minimum atomic E-state index is 0.776. The van der Waals surface area contributed by atoms with Gasteiger partial charge in [0.15, 0.2) is 0 Å². The van der Waals surface area contributed by atoms with Gasteiger partial charge in [0.05, 0.1) is 0 Å². The predicted octanol–water partition coefficient (Wildman–Crippen LogP) is 3.38. The number of rotatable bonds is 9. The number of nitrogens with zero attached hydrogens (tertiary/aromatic N) is 1. The molecule has 2 nitrogen and oxygen atoms in total. The summed E-state index contributed by atoms with van der Waals surface area (Å²) in [6.45, 7) is 15.4. The molecule has 1 rings (SSSR count). The van der Waals surface area contributed by atoms with Crippen LogP contribution in [0.2, 0.25) is 0 Å². The van der Waals surface area contributed by atoms with Gasteiger partial charge in [-0.25, -0.2) is 0 Å². The summed E-state index contributed by atoms with van der Waals surface area (Å²) in [5.74, 6) is 2.52. The van der Waals surface area contributed by atoms with E-state index in [2.05, 4.69) is 37.9 Å². The highest BCUT2D eigenvalue weighted by Gasteiger charge is 2.14. The molecule has 1 aliphatic carbocycles. The molecule has 0 spiro atoms. The summed E-state index contributed by atoms with van der Waals surface area (Å²) in [5.41, 5.74) is 0. The molecular formula is C16H34N2. The zero-order valence-corrected chi connectivity index (χ0v) is 13.0. The van der Waals surface area contributed by atoms with E-state index in [-0.39, 0.29) is 0 Å². The fourth-order valence-electron chi connectivity index (χ4n) is 3.05. The monoisotopic (exact) mass is 254 g/mol. The topological polar surface area (TPSA) is 15.3 Å². The third-order valence-electron chi connectivity index (χ3n) is 3.76. The maximum absolute atomic E-state index is 3.66. The van der Waals surface area contributed by atoms with E-state index in [4.69, 9.17) is 0 Å². The first-order valence-electron chi connectivity index (χ1n) is 8.01. The van der Waals surface area contributed by atoms with Crippen molar-refractivity contribution in [2.75, 3.05) is 32.7 Å². The van der Waals surface area contributed by atoms with E-state index in [1.165, 1.54) is 51.9 Å². The fraction of sp³-hybridized carbons (Fsp3) is 1.00. The van der Waals surface area contributed by atoms with Gasteiger partial charge in [-0.05, 0) is 37.1 Å². The molecule has 108 valence electrons. The van der Waals surface area contributed by atoms with Crippen LogP contribution >= 0.6 is 0 Å². The van der Waals surface area contributed by atoms with Gasteiger partial charge in [0.25, 0.3) is 0 Å². The van der Waals surface area contributed by atoms with Gasteiger partial charge in [0, 0.05) is 26.2 Å². The van der Waals surface area contributed by atoms with Crippen molar-refractivity contribution in [2.24, 2.45) is 17.8 Å². The van der Waals surface area contributed by atoms with Crippen molar-refractivity contribution in [1.82, 2.24) is 10.2 Å². The van der Waals surface area contributed by atoms with Gasteiger partial charge in [-0.15, -0.1) is 0 Å². The van der Waals surface area contributed by atoms with E-state index < -0.39 is 0 Å². The van der Waals surface area contributed by atoms with Crippen LogP contribution < -0.4 is 5.32 Å². The first kappa shape index (κ1) is 16.0. The molecule has 0 saturated heterocycles. The van der Waals surface area contributed by atoms with Crippen molar-refractivity contribution < 1.29 is 0 Å². The van der Waals surface area contributed by atoms with Crippen LogP contribution in [-0.2, 0) is 0 Å². The lowest BCUT2D eigenvalue weighted by atomic mass is 10.1. The lowest BCUT2D eigenvalue weighted by Crippen LogP contribution is -2.37. The molecule has 0 atom stereocenters. The Morgan fingerprint density at radius 1 is 1.00 bits per heavy atom. The maximum atomic E-state index is 3.66. The summed E-state index contributed by atoms with van der Waals surface area (Å²) in [6.07, 6.45) is 5.82. The van der Waals surface area contributed by atoms with Crippen LogP contribution in [0.5, 0.6) is 0 Å². The Balaban J connectivity index is 2.11. The van der Waals surface area contributed by atoms with Crippen molar-refractivity contribution in [3.8, 4) is 0 Å². The fourth-order valence-corrected chi connectivity index (χ4v) is 3.05. The van der Waals surface area contributed by atoms with Crippen LogP contribution in [0.15, 0.2) is 0 Å². The zero-order chi connectivity index (χ0) is 13.4. The molecule has 1 N–H and O–H groups in total. The molecule has 18 heavy (non-hydrogen) atoms. The van der Waals surface area contributed by atoms with Crippen molar-refractivity contribution in [3.05, 3.63) is 0 Å². The normalized spacial score (nSPS) is 17.5. The summed E-state index contributed by atoms with van der Waals surface area (Å²) >= 11 is 0. The Bertz CT molecular complexity index is 185. The second-order valence-corrected chi connectivity index (χ2v) is 6.90. The lowest BCUT2D eigenvalue weighted by Gasteiger charge is -2.26. The number of hydrogen-bond acceptors (Lipinski definition) is 2. The summed E-state index contributed by atoms with van der Waals surface area (Å²) in [7, 11) is 0. The van der Waals surface area contributed by atoms with Gasteiger partial charge in [-0.2, -0.15) is 0 Å². The first-order valence-corrected chi connectivity index (χ1v) is 8.01. The average Bonchev–Trinajstić information content (AvgIpc) is 2.75. The van der Waals surface area contributed by atoms with Crippen LogP contribution in [0.1, 0.15) is 53.4 Å². The van der Waals surface area contributed by atoms with E-state index in [0.29, 0.717) is 0 Å². The third-order valence-corrected chi connectivity index (χ3v) is 3.76. The molecule has 0 aromatic rings. The maximum Gasteiger partial charge on any atom is 0.0107 e. The van der Waals surface area contributed by atoms with Gasteiger partial charge < -0.3 is 10.2 Å². The van der Waals surface area contributed by atoms with Crippen molar-refractivity contribution >= 4 is 0 Å². The van der Waals surface area contributed by atoms with E-state index in [9.17, 15) is 0 Å². The first-order chi connectivity index (χ1) is 8.58. The van der Waals surface area contributed by atoms with Gasteiger partial charge >= 0.3 is 0 Å². The smallest absolute Gasteiger partial charge is 0.0107 e. The predicted molar refractivity (Wildman–Crippen MR) is 80.9 cm³/mol. The Hall–Kier alpha value is -0.0800. The summed E-state index contributed by atoms with van der Waals surface area (Å²) in [6, 6.07) is 0. The summed E-state index contributed by atoms with van der Waals surface area (Å²) in [5, 5.41) is 3.66. The average molecular weight is 254 g/mol. The van der Waals surface area contributed by atoms with Gasteiger partial charge in [0.1, 0.15) is 0 Å². The van der Waals surface area contributed by atoms with Crippen molar-refractivity contribution in [2.45, 2.75) is 53.4 Å². The second kappa shape index (κ2) is 8.92. The highest BCUT2D eigenvalue weighted by molar-refractivity contribution is 4.70. The molecule has 0 amide bonds. The quantitative estimate of drug-likeness (QED) is 0.635. The molecule has 0 aromatic carbocycles. The molecule has 1 aliphatic rings. The van der Waals surface area contributed by atoms with Crippen molar-refractivity contribution in [1.29, 1.82) is 0 Å². The van der Waals surface area contributed by atoms with E-state index >= 15 is 0 Å². The van der Waals surface area contributed by atoms with E-state index in [1.807, 2.05) is 0 Å².